The highest BCUT2D eigenvalue weighted by molar-refractivity contribution is 6.04. The maximum atomic E-state index is 11.9. The van der Waals surface area contributed by atoms with Gasteiger partial charge in [0.1, 0.15) is 11.5 Å². The van der Waals surface area contributed by atoms with Gasteiger partial charge in [-0.05, 0) is 13.0 Å². The predicted octanol–water partition coefficient (Wildman–Crippen LogP) is 1.71. The average Bonchev–Trinajstić information content (AvgIpc) is 2.96. The molecular formula is C12H15N5O2. The summed E-state index contributed by atoms with van der Waals surface area (Å²) in [5, 5.41) is 9.19. The Morgan fingerprint density at radius 1 is 1.37 bits per heavy atom. The number of hydrogen-bond donors (Lipinski definition) is 3. The van der Waals surface area contributed by atoms with E-state index in [0.29, 0.717) is 17.1 Å². The zero-order valence-corrected chi connectivity index (χ0v) is 10.9. The van der Waals surface area contributed by atoms with E-state index in [1.54, 1.807) is 0 Å². The van der Waals surface area contributed by atoms with Crippen molar-refractivity contribution in [3.63, 3.8) is 0 Å². The minimum Gasteiger partial charge on any atom is -0.356 e. The number of hydrogen-bond acceptors (Lipinski definition) is 4. The lowest BCUT2D eigenvalue weighted by atomic mass is 10.2. The Bertz CT molecular complexity index is 611. The molecule has 2 aromatic rings. The SMILES string of the molecule is CC(=O)c1c[nH]c(C(=O)Nc2n[nH]c(C(C)C)n2)c1. The molecular weight excluding hydrogens is 246 g/mol. The van der Waals surface area contributed by atoms with E-state index in [1.165, 1.54) is 19.2 Å². The van der Waals surface area contributed by atoms with Crippen molar-refractivity contribution in [2.45, 2.75) is 26.7 Å². The Labute approximate surface area is 109 Å². The van der Waals surface area contributed by atoms with Crippen LogP contribution in [0.15, 0.2) is 12.3 Å². The molecule has 19 heavy (non-hydrogen) atoms. The molecule has 2 heterocycles. The van der Waals surface area contributed by atoms with Gasteiger partial charge in [0.15, 0.2) is 5.78 Å². The van der Waals surface area contributed by atoms with Crippen LogP contribution in [0.4, 0.5) is 5.95 Å². The highest BCUT2D eigenvalue weighted by atomic mass is 16.2. The van der Waals surface area contributed by atoms with Gasteiger partial charge in [0.25, 0.3) is 5.91 Å². The molecule has 0 saturated heterocycles. The summed E-state index contributed by atoms with van der Waals surface area (Å²) in [5.74, 6) is 0.629. The molecule has 0 saturated carbocycles. The Morgan fingerprint density at radius 2 is 2.11 bits per heavy atom. The van der Waals surface area contributed by atoms with Crippen LogP contribution < -0.4 is 5.32 Å². The van der Waals surface area contributed by atoms with Crippen LogP contribution in [-0.2, 0) is 0 Å². The van der Waals surface area contributed by atoms with Crippen LogP contribution in [0.25, 0.3) is 0 Å². The molecule has 0 radical (unpaired) electrons. The largest absolute Gasteiger partial charge is 0.356 e. The summed E-state index contributed by atoms with van der Waals surface area (Å²) >= 11 is 0. The Hall–Kier alpha value is -2.44. The lowest BCUT2D eigenvalue weighted by Gasteiger charge is -1.98. The van der Waals surface area contributed by atoms with Crippen LogP contribution in [-0.4, -0.2) is 31.9 Å². The zero-order chi connectivity index (χ0) is 14.0. The number of anilines is 1. The van der Waals surface area contributed by atoms with Gasteiger partial charge in [0, 0.05) is 17.7 Å². The first-order valence-electron chi connectivity index (χ1n) is 5.90. The summed E-state index contributed by atoms with van der Waals surface area (Å²) in [6.07, 6.45) is 1.49. The third-order valence-corrected chi connectivity index (χ3v) is 2.61. The van der Waals surface area contributed by atoms with E-state index in [1.807, 2.05) is 13.8 Å². The number of aromatic amines is 2. The number of nitrogens with zero attached hydrogens (tertiary/aromatic N) is 2. The molecule has 0 aliphatic rings. The van der Waals surface area contributed by atoms with Crippen molar-refractivity contribution in [2.24, 2.45) is 0 Å². The second-order valence-electron chi connectivity index (χ2n) is 4.51. The van der Waals surface area contributed by atoms with E-state index in [4.69, 9.17) is 0 Å². The van der Waals surface area contributed by atoms with Gasteiger partial charge in [-0.1, -0.05) is 13.8 Å². The van der Waals surface area contributed by atoms with E-state index in [9.17, 15) is 9.59 Å². The van der Waals surface area contributed by atoms with E-state index in [-0.39, 0.29) is 23.6 Å². The van der Waals surface area contributed by atoms with Crippen molar-refractivity contribution < 1.29 is 9.59 Å². The van der Waals surface area contributed by atoms with E-state index in [0.717, 1.165) is 0 Å². The summed E-state index contributed by atoms with van der Waals surface area (Å²) in [7, 11) is 0. The predicted molar refractivity (Wildman–Crippen MR) is 69.2 cm³/mol. The van der Waals surface area contributed by atoms with Crippen LogP contribution in [0.1, 0.15) is 53.4 Å². The molecule has 100 valence electrons. The summed E-state index contributed by atoms with van der Waals surface area (Å²) in [6.45, 7) is 5.38. The van der Waals surface area contributed by atoms with Crippen LogP contribution in [0.2, 0.25) is 0 Å². The molecule has 0 aliphatic carbocycles. The molecule has 0 aromatic carbocycles. The number of amides is 1. The second kappa shape index (κ2) is 5.05. The Kier molecular flexibility index (Phi) is 3.46. The molecule has 7 nitrogen and oxygen atoms in total. The molecule has 3 N–H and O–H groups in total. The molecule has 0 atom stereocenters. The monoisotopic (exact) mass is 261 g/mol. The van der Waals surface area contributed by atoms with E-state index < -0.39 is 0 Å². The number of nitrogens with one attached hydrogen (secondary N) is 3. The summed E-state index contributed by atoms with van der Waals surface area (Å²) in [4.78, 5) is 29.9. The Morgan fingerprint density at radius 3 is 2.63 bits per heavy atom. The zero-order valence-electron chi connectivity index (χ0n) is 10.9. The number of carbonyl (C=O) groups excluding carboxylic acids is 2. The normalized spacial score (nSPS) is 10.7. The van der Waals surface area contributed by atoms with Crippen LogP contribution in [0, 0.1) is 0 Å². The van der Waals surface area contributed by atoms with Crippen molar-refractivity contribution in [3.8, 4) is 0 Å². The molecule has 2 aromatic heterocycles. The fourth-order valence-corrected chi connectivity index (χ4v) is 1.49. The fourth-order valence-electron chi connectivity index (χ4n) is 1.49. The molecule has 1 amide bonds. The summed E-state index contributed by atoms with van der Waals surface area (Å²) < 4.78 is 0. The highest BCUT2D eigenvalue weighted by Crippen LogP contribution is 2.11. The lowest BCUT2D eigenvalue weighted by Crippen LogP contribution is -2.13. The molecule has 7 heteroatoms. The van der Waals surface area contributed by atoms with Crippen molar-refractivity contribution in [3.05, 3.63) is 29.3 Å². The quantitative estimate of drug-likeness (QED) is 0.729. The van der Waals surface area contributed by atoms with Gasteiger partial charge < -0.3 is 4.98 Å². The van der Waals surface area contributed by atoms with Crippen molar-refractivity contribution in [1.29, 1.82) is 0 Å². The van der Waals surface area contributed by atoms with Gasteiger partial charge >= 0.3 is 0 Å². The topological polar surface area (TPSA) is 104 Å². The standard InChI is InChI=1S/C12H15N5O2/c1-6(2)10-14-12(17-16-10)15-11(19)9-4-8(5-13-9)7(3)18/h4-6,13H,1-3H3,(H2,14,15,16,17,19). The number of Topliss-reactive ketones (excluding diaryl/α,β-unsaturated/α-hetero) is 1. The maximum absolute atomic E-state index is 11.9. The second-order valence-corrected chi connectivity index (χ2v) is 4.51. The molecule has 0 fully saturated rings. The average molecular weight is 261 g/mol. The lowest BCUT2D eigenvalue weighted by molar-refractivity contribution is 0.101. The first kappa shape index (κ1) is 13.0. The number of rotatable bonds is 4. The van der Waals surface area contributed by atoms with Crippen LogP contribution in [0.3, 0.4) is 0 Å². The third-order valence-electron chi connectivity index (χ3n) is 2.61. The van der Waals surface area contributed by atoms with E-state index in [2.05, 4.69) is 25.5 Å². The molecule has 2 rings (SSSR count). The van der Waals surface area contributed by atoms with Crippen molar-refractivity contribution in [1.82, 2.24) is 20.2 Å². The molecule has 0 aliphatic heterocycles. The van der Waals surface area contributed by atoms with Gasteiger partial charge in [-0.15, -0.1) is 5.10 Å². The van der Waals surface area contributed by atoms with Crippen LogP contribution >= 0.6 is 0 Å². The molecule has 0 bridgehead atoms. The van der Waals surface area contributed by atoms with Gasteiger partial charge in [0.2, 0.25) is 5.95 Å². The van der Waals surface area contributed by atoms with Gasteiger partial charge in [0.05, 0.1) is 0 Å². The highest BCUT2D eigenvalue weighted by Gasteiger charge is 2.13. The first-order chi connectivity index (χ1) is 8.97. The minimum atomic E-state index is -0.387. The van der Waals surface area contributed by atoms with Gasteiger partial charge in [-0.2, -0.15) is 4.98 Å². The Balaban J connectivity index is 2.09. The van der Waals surface area contributed by atoms with Gasteiger partial charge in [-0.3, -0.25) is 20.0 Å². The number of carbonyl (C=O) groups is 2. The van der Waals surface area contributed by atoms with E-state index >= 15 is 0 Å². The summed E-state index contributed by atoms with van der Waals surface area (Å²) in [5.41, 5.74) is 0.754. The number of ketones is 1. The third kappa shape index (κ3) is 2.87. The fraction of sp³-hybridized carbons (Fsp3) is 0.333. The van der Waals surface area contributed by atoms with Crippen molar-refractivity contribution >= 4 is 17.6 Å². The number of H-pyrrole nitrogens is 2. The molecule has 0 unspecified atom stereocenters. The molecule has 0 spiro atoms. The minimum absolute atomic E-state index is 0.102. The van der Waals surface area contributed by atoms with Crippen LogP contribution in [0.5, 0.6) is 0 Å². The first-order valence-corrected chi connectivity index (χ1v) is 5.90. The smallest absolute Gasteiger partial charge is 0.274 e. The maximum Gasteiger partial charge on any atom is 0.274 e. The van der Waals surface area contributed by atoms with Gasteiger partial charge in [-0.25, -0.2) is 0 Å². The number of aromatic nitrogens is 4. The van der Waals surface area contributed by atoms with Crippen molar-refractivity contribution in [2.75, 3.05) is 5.32 Å². The summed E-state index contributed by atoms with van der Waals surface area (Å²) in [6, 6.07) is 1.49.